The van der Waals surface area contributed by atoms with Crippen molar-refractivity contribution in [3.05, 3.63) is 12.7 Å². The molecule has 0 bridgehead atoms. The van der Waals surface area contributed by atoms with Crippen molar-refractivity contribution in [1.29, 1.82) is 0 Å². The molecule has 1 N–H and O–H groups in total. The lowest BCUT2D eigenvalue weighted by molar-refractivity contribution is 0.258. The smallest absolute Gasteiger partial charge is 0.0147 e. The minimum absolute atomic E-state index is 0.233. The van der Waals surface area contributed by atoms with Crippen molar-refractivity contribution in [2.24, 2.45) is 11.8 Å². The average molecular weight is 169 g/mol. The summed E-state index contributed by atoms with van der Waals surface area (Å²) < 4.78 is 0. The standard InChI is InChI=1S/C11H23N/c1-7-9(2)8-10(3)11(4,5)12-6/h7,9-10,12H,1,8H2,2-6H3. The summed E-state index contributed by atoms with van der Waals surface area (Å²) in [5.41, 5.74) is 0.233. The van der Waals surface area contributed by atoms with Crippen molar-refractivity contribution in [2.75, 3.05) is 7.05 Å². The molecule has 0 saturated heterocycles. The molecule has 1 heteroatoms. The molecule has 0 aromatic heterocycles. The van der Waals surface area contributed by atoms with Gasteiger partial charge in [0.2, 0.25) is 0 Å². The molecule has 0 fully saturated rings. The third-order valence-corrected chi connectivity index (χ3v) is 3.00. The molecule has 0 aromatic rings. The summed E-state index contributed by atoms with van der Waals surface area (Å²) in [6.45, 7) is 12.8. The number of allylic oxidation sites excluding steroid dienone is 1. The highest BCUT2D eigenvalue weighted by Crippen LogP contribution is 2.23. The van der Waals surface area contributed by atoms with E-state index in [4.69, 9.17) is 0 Å². The lowest BCUT2D eigenvalue weighted by Crippen LogP contribution is -2.43. The Morgan fingerprint density at radius 2 is 1.92 bits per heavy atom. The Hall–Kier alpha value is -0.300. The molecule has 2 unspecified atom stereocenters. The van der Waals surface area contributed by atoms with Gasteiger partial charge in [0.1, 0.15) is 0 Å². The maximum atomic E-state index is 3.80. The molecule has 0 aliphatic heterocycles. The molecular weight excluding hydrogens is 146 g/mol. The van der Waals surface area contributed by atoms with E-state index in [1.807, 2.05) is 13.1 Å². The van der Waals surface area contributed by atoms with E-state index in [2.05, 4.69) is 39.6 Å². The van der Waals surface area contributed by atoms with Crippen molar-refractivity contribution in [2.45, 2.75) is 39.7 Å². The maximum Gasteiger partial charge on any atom is 0.0147 e. The van der Waals surface area contributed by atoms with E-state index in [0.717, 1.165) is 0 Å². The third kappa shape index (κ3) is 3.40. The fourth-order valence-corrected chi connectivity index (χ4v) is 1.19. The Morgan fingerprint density at radius 3 is 2.25 bits per heavy atom. The quantitative estimate of drug-likeness (QED) is 0.624. The van der Waals surface area contributed by atoms with Crippen LogP contribution in [-0.4, -0.2) is 12.6 Å². The van der Waals surface area contributed by atoms with Crippen LogP contribution in [0, 0.1) is 11.8 Å². The van der Waals surface area contributed by atoms with Gasteiger partial charge >= 0.3 is 0 Å². The average Bonchev–Trinajstić information content (AvgIpc) is 2.04. The summed E-state index contributed by atoms with van der Waals surface area (Å²) >= 11 is 0. The van der Waals surface area contributed by atoms with Crippen molar-refractivity contribution >= 4 is 0 Å². The first-order valence-corrected chi connectivity index (χ1v) is 4.75. The van der Waals surface area contributed by atoms with Crippen LogP contribution in [0.15, 0.2) is 12.7 Å². The molecule has 72 valence electrons. The van der Waals surface area contributed by atoms with Crippen LogP contribution in [0.25, 0.3) is 0 Å². The van der Waals surface area contributed by atoms with E-state index in [-0.39, 0.29) is 5.54 Å². The number of hydrogen-bond donors (Lipinski definition) is 1. The molecule has 0 aromatic carbocycles. The van der Waals surface area contributed by atoms with Crippen LogP contribution in [-0.2, 0) is 0 Å². The summed E-state index contributed by atoms with van der Waals surface area (Å²) in [7, 11) is 2.02. The Labute approximate surface area is 77.2 Å². The highest BCUT2D eigenvalue weighted by Gasteiger charge is 2.23. The van der Waals surface area contributed by atoms with Crippen molar-refractivity contribution in [3.8, 4) is 0 Å². The van der Waals surface area contributed by atoms with Crippen molar-refractivity contribution in [1.82, 2.24) is 5.32 Å². The van der Waals surface area contributed by atoms with E-state index in [1.165, 1.54) is 6.42 Å². The predicted octanol–water partition coefficient (Wildman–Crippen LogP) is 2.83. The van der Waals surface area contributed by atoms with Crippen molar-refractivity contribution < 1.29 is 0 Å². The summed E-state index contributed by atoms with van der Waals surface area (Å²) in [4.78, 5) is 0. The zero-order chi connectivity index (χ0) is 9.78. The second-order valence-corrected chi connectivity index (χ2v) is 4.32. The first-order chi connectivity index (χ1) is 5.44. The van der Waals surface area contributed by atoms with Gasteiger partial charge in [-0.05, 0) is 39.2 Å². The maximum absolute atomic E-state index is 3.80. The van der Waals surface area contributed by atoms with Gasteiger partial charge in [-0.2, -0.15) is 0 Å². The zero-order valence-corrected chi connectivity index (χ0v) is 9.15. The molecule has 0 saturated carbocycles. The molecule has 0 aliphatic carbocycles. The van der Waals surface area contributed by atoms with Gasteiger partial charge in [-0.3, -0.25) is 0 Å². The second-order valence-electron chi connectivity index (χ2n) is 4.32. The number of rotatable bonds is 5. The number of hydrogen-bond acceptors (Lipinski definition) is 1. The van der Waals surface area contributed by atoms with Gasteiger partial charge in [0, 0.05) is 5.54 Å². The van der Waals surface area contributed by atoms with Gasteiger partial charge in [-0.15, -0.1) is 6.58 Å². The van der Waals surface area contributed by atoms with E-state index in [9.17, 15) is 0 Å². The molecule has 0 amide bonds. The van der Waals surface area contributed by atoms with E-state index in [1.54, 1.807) is 0 Å². The third-order valence-electron chi connectivity index (χ3n) is 3.00. The summed E-state index contributed by atoms with van der Waals surface area (Å²) in [5, 5.41) is 3.34. The lowest BCUT2D eigenvalue weighted by Gasteiger charge is -2.32. The van der Waals surface area contributed by atoms with Crippen molar-refractivity contribution in [3.63, 3.8) is 0 Å². The van der Waals surface area contributed by atoms with Gasteiger partial charge in [0.15, 0.2) is 0 Å². The van der Waals surface area contributed by atoms with Crippen LogP contribution in [0.5, 0.6) is 0 Å². The Bertz CT molecular complexity index is 138. The minimum Gasteiger partial charge on any atom is -0.315 e. The SMILES string of the molecule is C=CC(C)CC(C)C(C)(C)NC. The molecule has 1 nitrogen and oxygen atoms in total. The summed E-state index contributed by atoms with van der Waals surface area (Å²) in [6.07, 6.45) is 3.24. The topological polar surface area (TPSA) is 12.0 Å². The van der Waals surface area contributed by atoms with Gasteiger partial charge in [-0.1, -0.05) is 19.9 Å². The van der Waals surface area contributed by atoms with Crippen LogP contribution >= 0.6 is 0 Å². The minimum atomic E-state index is 0.233. The van der Waals surface area contributed by atoms with E-state index in [0.29, 0.717) is 11.8 Å². The van der Waals surface area contributed by atoms with E-state index < -0.39 is 0 Å². The van der Waals surface area contributed by atoms with Crippen LogP contribution < -0.4 is 5.32 Å². The highest BCUT2D eigenvalue weighted by atomic mass is 14.9. The van der Waals surface area contributed by atoms with E-state index >= 15 is 0 Å². The first-order valence-electron chi connectivity index (χ1n) is 4.75. The predicted molar refractivity (Wildman–Crippen MR) is 56.3 cm³/mol. The molecule has 0 rings (SSSR count). The monoisotopic (exact) mass is 169 g/mol. The largest absolute Gasteiger partial charge is 0.315 e. The number of nitrogens with one attached hydrogen (secondary N) is 1. The summed E-state index contributed by atoms with van der Waals surface area (Å²) in [5.74, 6) is 1.29. The molecule has 0 radical (unpaired) electrons. The Kier molecular flexibility index (Phi) is 4.54. The van der Waals surface area contributed by atoms with Gasteiger partial charge < -0.3 is 5.32 Å². The zero-order valence-electron chi connectivity index (χ0n) is 9.15. The molecule has 12 heavy (non-hydrogen) atoms. The van der Waals surface area contributed by atoms with Crippen LogP contribution in [0.3, 0.4) is 0 Å². The summed E-state index contributed by atoms with van der Waals surface area (Å²) in [6, 6.07) is 0. The fraction of sp³-hybridized carbons (Fsp3) is 0.818. The normalized spacial score (nSPS) is 17.1. The molecule has 0 heterocycles. The lowest BCUT2D eigenvalue weighted by atomic mass is 9.83. The molecule has 0 spiro atoms. The van der Waals surface area contributed by atoms with Gasteiger partial charge in [0.05, 0.1) is 0 Å². The molecular formula is C11H23N. The fourth-order valence-electron chi connectivity index (χ4n) is 1.19. The van der Waals surface area contributed by atoms with Gasteiger partial charge in [-0.25, -0.2) is 0 Å². The molecule has 0 aliphatic rings. The first kappa shape index (κ1) is 11.7. The van der Waals surface area contributed by atoms with Crippen LogP contribution in [0.1, 0.15) is 34.1 Å². The van der Waals surface area contributed by atoms with Crippen LogP contribution in [0.4, 0.5) is 0 Å². The second kappa shape index (κ2) is 4.66. The molecule has 2 atom stereocenters. The van der Waals surface area contributed by atoms with Crippen LogP contribution in [0.2, 0.25) is 0 Å². The highest BCUT2D eigenvalue weighted by molar-refractivity contribution is 4.86. The Balaban J connectivity index is 4.02. The van der Waals surface area contributed by atoms with Gasteiger partial charge in [0.25, 0.3) is 0 Å². The Morgan fingerprint density at radius 1 is 1.42 bits per heavy atom.